The van der Waals surface area contributed by atoms with Crippen LogP contribution in [0.3, 0.4) is 0 Å². The number of rotatable bonds is 10. The van der Waals surface area contributed by atoms with Crippen LogP contribution in [0.15, 0.2) is 12.1 Å². The van der Waals surface area contributed by atoms with Crippen LogP contribution in [0, 0.1) is 0 Å². The molecule has 0 aromatic heterocycles. The molecule has 1 aromatic rings. The molecule has 0 radical (unpaired) electrons. The van der Waals surface area contributed by atoms with Gasteiger partial charge in [0, 0.05) is 24.1 Å². The van der Waals surface area contributed by atoms with E-state index in [1.807, 2.05) is 0 Å². The van der Waals surface area contributed by atoms with Crippen LogP contribution in [-0.2, 0) is 20.8 Å². The van der Waals surface area contributed by atoms with Crippen molar-refractivity contribution in [1.29, 1.82) is 0 Å². The summed E-state index contributed by atoms with van der Waals surface area (Å²) in [4.78, 5) is 33.9. The van der Waals surface area contributed by atoms with Crippen molar-refractivity contribution in [2.45, 2.75) is 25.3 Å². The Hall–Kier alpha value is -2.97. The number of nitrogens with one attached hydrogen (secondary N) is 1. The van der Waals surface area contributed by atoms with Crippen molar-refractivity contribution in [2.24, 2.45) is 0 Å². The Morgan fingerprint density at radius 2 is 1.60 bits per heavy atom. The average molecular weight is 355 g/mol. The molecule has 138 valence electrons. The molecule has 1 atom stereocenters. The van der Waals surface area contributed by atoms with Gasteiger partial charge in [-0.2, -0.15) is 0 Å². The summed E-state index contributed by atoms with van der Waals surface area (Å²) >= 11 is 0. The van der Waals surface area contributed by atoms with Gasteiger partial charge in [0.05, 0.1) is 27.8 Å². The number of hydrogen-bond acceptors (Lipinski definition) is 6. The summed E-state index contributed by atoms with van der Waals surface area (Å²) in [6.07, 6.45) is -0.785. The van der Waals surface area contributed by atoms with Crippen molar-refractivity contribution in [1.82, 2.24) is 5.32 Å². The monoisotopic (exact) mass is 355 g/mol. The number of benzene rings is 1. The van der Waals surface area contributed by atoms with Gasteiger partial charge in [-0.1, -0.05) is 0 Å². The molecule has 0 saturated heterocycles. The first kappa shape index (κ1) is 20.1. The van der Waals surface area contributed by atoms with Crippen molar-refractivity contribution in [2.75, 3.05) is 21.3 Å². The minimum atomic E-state index is -1.30. The minimum absolute atomic E-state index is 0.201. The highest BCUT2D eigenvalue weighted by atomic mass is 16.5. The molecule has 0 aliphatic heterocycles. The maximum Gasteiger partial charge on any atom is 0.326 e. The van der Waals surface area contributed by atoms with Crippen LogP contribution in [0.1, 0.15) is 18.4 Å². The summed E-state index contributed by atoms with van der Waals surface area (Å²) in [5.74, 6) is -1.86. The van der Waals surface area contributed by atoms with Crippen molar-refractivity contribution >= 4 is 17.8 Å². The van der Waals surface area contributed by atoms with Gasteiger partial charge < -0.3 is 29.7 Å². The Morgan fingerprint density at radius 3 is 2.00 bits per heavy atom. The highest BCUT2D eigenvalue weighted by Crippen LogP contribution is 2.34. The van der Waals surface area contributed by atoms with E-state index < -0.39 is 23.9 Å². The van der Waals surface area contributed by atoms with Gasteiger partial charge >= 0.3 is 11.9 Å². The van der Waals surface area contributed by atoms with Crippen molar-refractivity contribution in [3.05, 3.63) is 17.7 Å². The van der Waals surface area contributed by atoms with Gasteiger partial charge in [0.15, 0.2) is 0 Å². The number of ether oxygens (including phenoxy) is 3. The van der Waals surface area contributed by atoms with Crippen molar-refractivity contribution < 1.29 is 38.8 Å². The lowest BCUT2D eigenvalue weighted by Crippen LogP contribution is -2.41. The minimum Gasteiger partial charge on any atom is -0.496 e. The molecule has 9 heteroatoms. The lowest BCUT2D eigenvalue weighted by atomic mass is 10.1. The van der Waals surface area contributed by atoms with Gasteiger partial charge in [-0.3, -0.25) is 9.59 Å². The SMILES string of the molecule is COc1cc(OC)c(CC(=O)N[C@@H](CCC(=O)O)C(=O)O)c(OC)c1. The zero-order valence-corrected chi connectivity index (χ0v) is 14.2. The Bertz CT molecular complexity index is 618. The van der Waals surface area contributed by atoms with E-state index in [0.717, 1.165) is 0 Å². The van der Waals surface area contributed by atoms with E-state index in [1.165, 1.54) is 21.3 Å². The third kappa shape index (κ3) is 5.87. The average Bonchev–Trinajstić information content (AvgIpc) is 2.57. The number of carboxylic acid groups (broad SMARTS) is 2. The molecule has 0 aliphatic carbocycles. The summed E-state index contributed by atoms with van der Waals surface area (Å²) in [5.41, 5.74) is 0.422. The molecule has 1 amide bonds. The van der Waals surface area contributed by atoms with Crippen molar-refractivity contribution in [3.63, 3.8) is 0 Å². The number of carbonyl (C=O) groups excluding carboxylic acids is 1. The molecule has 3 N–H and O–H groups in total. The quantitative estimate of drug-likeness (QED) is 0.558. The molecule has 0 bridgehead atoms. The van der Waals surface area contributed by atoms with E-state index in [1.54, 1.807) is 12.1 Å². The fourth-order valence-corrected chi connectivity index (χ4v) is 2.18. The highest BCUT2D eigenvalue weighted by Gasteiger charge is 2.23. The second-order valence-corrected chi connectivity index (χ2v) is 5.08. The smallest absolute Gasteiger partial charge is 0.326 e. The summed E-state index contributed by atoms with van der Waals surface area (Å²) in [6, 6.07) is 1.85. The Labute approximate surface area is 144 Å². The number of amides is 1. The van der Waals surface area contributed by atoms with E-state index in [0.29, 0.717) is 22.8 Å². The molecule has 0 fully saturated rings. The maximum absolute atomic E-state index is 12.2. The van der Waals surface area contributed by atoms with Crippen molar-refractivity contribution in [3.8, 4) is 17.2 Å². The third-order valence-corrected chi connectivity index (χ3v) is 3.43. The summed E-state index contributed by atoms with van der Waals surface area (Å²) in [6.45, 7) is 0. The van der Waals surface area contributed by atoms with Crippen LogP contribution in [0.4, 0.5) is 0 Å². The summed E-state index contributed by atoms with van der Waals surface area (Å²) < 4.78 is 15.6. The van der Waals surface area contributed by atoms with E-state index in [2.05, 4.69) is 5.32 Å². The largest absolute Gasteiger partial charge is 0.496 e. The van der Waals surface area contributed by atoms with Gasteiger partial charge in [-0.25, -0.2) is 4.79 Å². The van der Waals surface area contributed by atoms with E-state index >= 15 is 0 Å². The first-order valence-corrected chi connectivity index (χ1v) is 7.35. The maximum atomic E-state index is 12.2. The fraction of sp³-hybridized carbons (Fsp3) is 0.438. The lowest BCUT2D eigenvalue weighted by molar-refractivity contribution is -0.143. The molecule has 0 spiro atoms. The molecule has 9 nitrogen and oxygen atoms in total. The first-order valence-electron chi connectivity index (χ1n) is 7.35. The second kappa shape index (κ2) is 9.36. The number of hydrogen-bond donors (Lipinski definition) is 3. The summed E-state index contributed by atoms with van der Waals surface area (Å²) in [7, 11) is 4.31. The summed E-state index contributed by atoms with van der Waals surface area (Å²) in [5, 5.41) is 20.1. The normalized spacial score (nSPS) is 11.3. The van der Waals surface area contributed by atoms with Gasteiger partial charge in [-0.05, 0) is 6.42 Å². The molecule has 0 saturated carbocycles. The van der Waals surface area contributed by atoms with E-state index in [-0.39, 0.29) is 19.3 Å². The molecule has 1 aromatic carbocycles. The molecule has 0 aliphatic rings. The topological polar surface area (TPSA) is 131 Å². The number of methoxy groups -OCH3 is 3. The van der Waals surface area contributed by atoms with Crippen LogP contribution in [0.5, 0.6) is 17.2 Å². The number of aliphatic carboxylic acids is 2. The predicted octanol–water partition coefficient (Wildman–Crippen LogP) is 0.689. The second-order valence-electron chi connectivity index (χ2n) is 5.08. The van der Waals surface area contributed by atoms with Crippen LogP contribution in [-0.4, -0.2) is 55.4 Å². The Balaban J connectivity index is 2.94. The van der Waals surface area contributed by atoms with Gasteiger partial charge in [0.25, 0.3) is 0 Å². The Kier molecular flexibility index (Phi) is 7.51. The van der Waals surface area contributed by atoms with Gasteiger partial charge in [0.1, 0.15) is 23.3 Å². The van der Waals surface area contributed by atoms with E-state index in [4.69, 9.17) is 24.4 Å². The lowest BCUT2D eigenvalue weighted by Gasteiger charge is -2.17. The van der Waals surface area contributed by atoms with Crippen LogP contribution < -0.4 is 19.5 Å². The molecule has 1 rings (SSSR count). The van der Waals surface area contributed by atoms with E-state index in [9.17, 15) is 14.4 Å². The highest BCUT2D eigenvalue weighted by molar-refractivity contribution is 5.86. The van der Waals surface area contributed by atoms with Crippen LogP contribution in [0.2, 0.25) is 0 Å². The number of carboxylic acids is 2. The number of carbonyl (C=O) groups is 3. The van der Waals surface area contributed by atoms with Gasteiger partial charge in [0.2, 0.25) is 5.91 Å². The Morgan fingerprint density at radius 1 is 1.04 bits per heavy atom. The molecule has 0 unspecified atom stereocenters. The molecule has 25 heavy (non-hydrogen) atoms. The standard InChI is InChI=1S/C16H21NO8/c1-23-9-6-12(24-2)10(13(7-9)25-3)8-14(18)17-11(16(21)22)4-5-15(19)20/h6-7,11H,4-5,8H2,1-3H3,(H,17,18)(H,19,20)(H,21,22)/t11-/m0/s1. The third-order valence-electron chi connectivity index (χ3n) is 3.43. The molecular formula is C16H21NO8. The molecule has 0 heterocycles. The zero-order valence-electron chi connectivity index (χ0n) is 14.2. The first-order chi connectivity index (χ1) is 11.8. The van der Waals surface area contributed by atoms with Crippen LogP contribution in [0.25, 0.3) is 0 Å². The fourth-order valence-electron chi connectivity index (χ4n) is 2.18. The molecular weight excluding hydrogens is 334 g/mol. The van der Waals surface area contributed by atoms with Crippen LogP contribution >= 0.6 is 0 Å². The van der Waals surface area contributed by atoms with Gasteiger partial charge in [-0.15, -0.1) is 0 Å². The zero-order chi connectivity index (χ0) is 19.0. The predicted molar refractivity (Wildman–Crippen MR) is 86.2 cm³/mol.